The summed E-state index contributed by atoms with van der Waals surface area (Å²) in [6.07, 6.45) is 0.747. The van der Waals surface area contributed by atoms with Crippen molar-refractivity contribution in [3.8, 4) is 17.2 Å². The van der Waals surface area contributed by atoms with Gasteiger partial charge in [0.2, 0.25) is 0 Å². The fourth-order valence-electron chi connectivity index (χ4n) is 1.83. The van der Waals surface area contributed by atoms with Crippen molar-refractivity contribution >= 4 is 5.69 Å². The first-order valence-electron chi connectivity index (χ1n) is 6.29. The minimum absolute atomic E-state index is 0.205. The zero-order valence-corrected chi connectivity index (χ0v) is 10.6. The Morgan fingerprint density at radius 2 is 1.53 bits per heavy atom. The van der Waals surface area contributed by atoms with E-state index in [0.29, 0.717) is 5.56 Å². The summed E-state index contributed by atoms with van der Waals surface area (Å²) < 4.78 is 0. The van der Waals surface area contributed by atoms with E-state index in [4.69, 9.17) is 10.4 Å². The summed E-state index contributed by atoms with van der Waals surface area (Å²) in [6.45, 7) is 0.975. The van der Waals surface area contributed by atoms with Crippen LogP contribution in [0.5, 0.6) is 0 Å². The third kappa shape index (κ3) is 3.57. The molecule has 3 nitrogen and oxygen atoms in total. The summed E-state index contributed by atoms with van der Waals surface area (Å²) in [7, 11) is 0. The molecule has 0 bridgehead atoms. The Balaban J connectivity index is 2.07. The molecule has 2 aromatic carbocycles. The van der Waals surface area contributed by atoms with E-state index in [1.807, 2.05) is 48.5 Å². The molecule has 0 unspecified atom stereocenters. The van der Waals surface area contributed by atoms with Crippen LogP contribution in [0.1, 0.15) is 12.0 Å². The third-order valence-corrected chi connectivity index (χ3v) is 2.90. The largest absolute Gasteiger partial charge is 0.396 e. The molecule has 2 N–H and O–H groups in total. The Kier molecular flexibility index (Phi) is 4.54. The minimum Gasteiger partial charge on any atom is -0.396 e. The summed E-state index contributed by atoms with van der Waals surface area (Å²) in [5.74, 6) is 0. The molecule has 0 aliphatic carbocycles. The topological polar surface area (TPSA) is 56.0 Å². The number of aliphatic hydroxyl groups excluding tert-OH is 1. The summed E-state index contributed by atoms with van der Waals surface area (Å²) in [4.78, 5) is 0. The summed E-state index contributed by atoms with van der Waals surface area (Å²) in [5.41, 5.74) is 3.94. The molecule has 0 aromatic heterocycles. The molecule has 96 valence electrons. The highest BCUT2D eigenvalue weighted by Crippen LogP contribution is 2.21. The molecule has 0 saturated heterocycles. The van der Waals surface area contributed by atoms with Crippen molar-refractivity contribution in [2.45, 2.75) is 6.42 Å². The molecular weight excluding hydrogens is 236 g/mol. The van der Waals surface area contributed by atoms with E-state index in [-0.39, 0.29) is 6.61 Å². The Morgan fingerprint density at radius 3 is 2.05 bits per heavy atom. The van der Waals surface area contributed by atoms with Gasteiger partial charge >= 0.3 is 0 Å². The average molecular weight is 252 g/mol. The van der Waals surface area contributed by atoms with Crippen molar-refractivity contribution < 1.29 is 5.11 Å². The van der Waals surface area contributed by atoms with Gasteiger partial charge in [0.1, 0.15) is 0 Å². The highest BCUT2D eigenvalue weighted by Gasteiger charge is 1.98. The Bertz CT molecular complexity index is 553. The van der Waals surface area contributed by atoms with Gasteiger partial charge in [-0.15, -0.1) is 0 Å². The van der Waals surface area contributed by atoms with Crippen LogP contribution in [0.2, 0.25) is 0 Å². The molecule has 2 aromatic rings. The molecule has 0 saturated carbocycles. The van der Waals surface area contributed by atoms with E-state index in [2.05, 4.69) is 11.4 Å². The minimum atomic E-state index is 0.205. The zero-order valence-electron chi connectivity index (χ0n) is 10.6. The van der Waals surface area contributed by atoms with Gasteiger partial charge in [0.05, 0.1) is 11.6 Å². The van der Waals surface area contributed by atoms with Crippen molar-refractivity contribution in [1.29, 1.82) is 5.26 Å². The lowest BCUT2D eigenvalue weighted by Gasteiger charge is -2.07. The zero-order chi connectivity index (χ0) is 13.5. The van der Waals surface area contributed by atoms with Crippen LogP contribution < -0.4 is 5.32 Å². The maximum absolute atomic E-state index is 8.76. The fraction of sp³-hybridized carbons (Fsp3) is 0.188. The summed E-state index contributed by atoms with van der Waals surface area (Å²) in [6, 6.07) is 17.8. The van der Waals surface area contributed by atoms with Crippen LogP contribution in [-0.2, 0) is 0 Å². The number of benzene rings is 2. The molecule has 0 aliphatic rings. The third-order valence-electron chi connectivity index (χ3n) is 2.90. The van der Waals surface area contributed by atoms with Gasteiger partial charge in [-0.1, -0.05) is 24.3 Å². The predicted molar refractivity (Wildman–Crippen MR) is 76.8 cm³/mol. The number of nitrogens with zero attached hydrogens (tertiary/aromatic N) is 1. The van der Waals surface area contributed by atoms with Gasteiger partial charge < -0.3 is 10.4 Å². The summed E-state index contributed by atoms with van der Waals surface area (Å²) >= 11 is 0. The van der Waals surface area contributed by atoms with Gasteiger partial charge in [0, 0.05) is 18.8 Å². The molecule has 0 spiro atoms. The second-order valence-corrected chi connectivity index (χ2v) is 4.27. The molecule has 0 fully saturated rings. The molecule has 0 radical (unpaired) electrons. The lowest BCUT2D eigenvalue weighted by Crippen LogP contribution is -2.02. The van der Waals surface area contributed by atoms with Crippen LogP contribution in [0, 0.1) is 11.3 Å². The van der Waals surface area contributed by atoms with Crippen molar-refractivity contribution in [3.63, 3.8) is 0 Å². The lowest BCUT2D eigenvalue weighted by atomic mass is 10.0. The smallest absolute Gasteiger partial charge is 0.0991 e. The number of nitriles is 1. The van der Waals surface area contributed by atoms with Gasteiger partial charge in [0.15, 0.2) is 0 Å². The highest BCUT2D eigenvalue weighted by atomic mass is 16.3. The average Bonchev–Trinajstić information content (AvgIpc) is 2.48. The number of aliphatic hydroxyl groups is 1. The monoisotopic (exact) mass is 252 g/mol. The van der Waals surface area contributed by atoms with E-state index in [1.165, 1.54) is 0 Å². The first kappa shape index (κ1) is 13.1. The number of hydrogen-bond acceptors (Lipinski definition) is 3. The molecular formula is C16H16N2O. The number of hydrogen-bond donors (Lipinski definition) is 2. The second-order valence-electron chi connectivity index (χ2n) is 4.27. The lowest BCUT2D eigenvalue weighted by molar-refractivity contribution is 0.292. The predicted octanol–water partition coefficient (Wildman–Crippen LogP) is 3.02. The van der Waals surface area contributed by atoms with Crippen LogP contribution in [0.3, 0.4) is 0 Å². The van der Waals surface area contributed by atoms with Gasteiger partial charge in [-0.25, -0.2) is 0 Å². The Hall–Kier alpha value is -2.31. The first-order valence-corrected chi connectivity index (χ1v) is 6.29. The van der Waals surface area contributed by atoms with Gasteiger partial charge in [-0.3, -0.25) is 0 Å². The van der Waals surface area contributed by atoms with Crippen molar-refractivity contribution in [1.82, 2.24) is 0 Å². The van der Waals surface area contributed by atoms with E-state index in [9.17, 15) is 0 Å². The Morgan fingerprint density at radius 1 is 0.947 bits per heavy atom. The standard InChI is InChI=1S/C16H16N2O/c17-12-13-2-4-14(5-3-13)15-6-8-16(9-7-15)18-10-1-11-19/h2-9,18-19H,1,10-11H2. The Labute approximate surface area is 113 Å². The molecule has 0 atom stereocenters. The van der Waals surface area contributed by atoms with E-state index < -0.39 is 0 Å². The number of anilines is 1. The molecule has 19 heavy (non-hydrogen) atoms. The van der Waals surface area contributed by atoms with E-state index in [1.54, 1.807) is 0 Å². The summed E-state index contributed by atoms with van der Waals surface area (Å²) in [5, 5.41) is 20.7. The normalized spacial score (nSPS) is 9.89. The quantitative estimate of drug-likeness (QED) is 0.804. The van der Waals surface area contributed by atoms with Crippen LogP contribution in [-0.4, -0.2) is 18.3 Å². The molecule has 0 heterocycles. The maximum Gasteiger partial charge on any atom is 0.0991 e. The molecule has 0 amide bonds. The highest BCUT2D eigenvalue weighted by molar-refractivity contribution is 5.66. The number of rotatable bonds is 5. The van der Waals surface area contributed by atoms with Crippen molar-refractivity contribution in [2.24, 2.45) is 0 Å². The van der Waals surface area contributed by atoms with Crippen LogP contribution in [0.4, 0.5) is 5.69 Å². The molecule has 3 heteroatoms. The van der Waals surface area contributed by atoms with Crippen LogP contribution >= 0.6 is 0 Å². The van der Waals surface area contributed by atoms with Crippen LogP contribution in [0.25, 0.3) is 11.1 Å². The van der Waals surface area contributed by atoms with E-state index in [0.717, 1.165) is 29.8 Å². The SMILES string of the molecule is N#Cc1ccc(-c2ccc(NCCCO)cc2)cc1. The van der Waals surface area contributed by atoms with Crippen molar-refractivity contribution in [3.05, 3.63) is 54.1 Å². The maximum atomic E-state index is 8.76. The first-order chi connectivity index (χ1) is 9.33. The fourth-order valence-corrected chi connectivity index (χ4v) is 1.83. The van der Waals surface area contributed by atoms with Crippen LogP contribution in [0.15, 0.2) is 48.5 Å². The van der Waals surface area contributed by atoms with Gasteiger partial charge in [-0.05, 0) is 41.8 Å². The second kappa shape index (κ2) is 6.58. The van der Waals surface area contributed by atoms with Gasteiger partial charge in [0.25, 0.3) is 0 Å². The molecule has 0 aliphatic heterocycles. The van der Waals surface area contributed by atoms with Gasteiger partial charge in [-0.2, -0.15) is 5.26 Å². The number of nitrogens with one attached hydrogen (secondary N) is 1. The van der Waals surface area contributed by atoms with E-state index >= 15 is 0 Å². The van der Waals surface area contributed by atoms with Crippen molar-refractivity contribution in [2.75, 3.05) is 18.5 Å². The molecule has 2 rings (SSSR count).